The van der Waals surface area contributed by atoms with Gasteiger partial charge in [0.1, 0.15) is 12.2 Å². The summed E-state index contributed by atoms with van der Waals surface area (Å²) in [6.07, 6.45) is 8.29. The van der Waals surface area contributed by atoms with Gasteiger partial charge in [-0.05, 0) is 48.6 Å². The molecule has 1 N–H and O–H groups in total. The minimum Gasteiger partial charge on any atom is -0.493 e. The van der Waals surface area contributed by atoms with Crippen LogP contribution < -0.4 is 14.8 Å². The second-order valence-corrected chi connectivity index (χ2v) is 8.76. The first kappa shape index (κ1) is 24.3. The summed E-state index contributed by atoms with van der Waals surface area (Å²) >= 11 is 0. The molecular formula is C28H30N2O5. The van der Waals surface area contributed by atoms with E-state index in [4.69, 9.17) is 9.47 Å². The van der Waals surface area contributed by atoms with E-state index in [2.05, 4.69) is 11.9 Å². The van der Waals surface area contributed by atoms with Gasteiger partial charge in [-0.1, -0.05) is 55.7 Å². The molecule has 1 heterocycles. The van der Waals surface area contributed by atoms with Gasteiger partial charge >= 0.3 is 6.03 Å². The van der Waals surface area contributed by atoms with Gasteiger partial charge in [0, 0.05) is 11.6 Å². The average molecular weight is 475 g/mol. The Kier molecular flexibility index (Phi) is 7.65. The predicted molar refractivity (Wildman–Crippen MR) is 133 cm³/mol. The first-order valence-corrected chi connectivity index (χ1v) is 11.9. The Hall–Kier alpha value is -3.87. The van der Waals surface area contributed by atoms with Crippen LogP contribution in [-0.4, -0.2) is 35.9 Å². The van der Waals surface area contributed by atoms with E-state index in [1.165, 1.54) is 11.0 Å². The first-order chi connectivity index (χ1) is 17.0. The summed E-state index contributed by atoms with van der Waals surface area (Å²) in [7, 11) is 1.54. The molecule has 0 unspecified atom stereocenters. The van der Waals surface area contributed by atoms with Crippen LogP contribution >= 0.6 is 0 Å². The molecular weight excluding hydrogens is 444 g/mol. The third-order valence-electron chi connectivity index (χ3n) is 6.35. The van der Waals surface area contributed by atoms with Crippen molar-refractivity contribution in [3.05, 3.63) is 77.4 Å². The number of rotatable bonds is 8. The van der Waals surface area contributed by atoms with E-state index < -0.39 is 17.8 Å². The second-order valence-electron chi connectivity index (χ2n) is 8.76. The van der Waals surface area contributed by atoms with Crippen molar-refractivity contribution in [3.8, 4) is 11.5 Å². The van der Waals surface area contributed by atoms with E-state index in [1.807, 2.05) is 36.4 Å². The molecule has 7 heteroatoms. The van der Waals surface area contributed by atoms with E-state index in [0.717, 1.165) is 43.2 Å². The van der Waals surface area contributed by atoms with Crippen LogP contribution in [-0.2, 0) is 22.6 Å². The van der Waals surface area contributed by atoms with Crippen molar-refractivity contribution in [3.63, 3.8) is 0 Å². The van der Waals surface area contributed by atoms with Gasteiger partial charge in [0.05, 0.1) is 7.11 Å². The van der Waals surface area contributed by atoms with E-state index >= 15 is 0 Å². The standard InChI is InChI=1S/C28H30N2O5/c1-3-10-21-15-20(17-24(34-2)25(21)35-18-19-11-6-4-7-12-19)16-23-26(31)29-28(33)30(27(23)32)22-13-8-5-9-14-22/h3-4,6-7,11-12,15-17,22H,1,5,8-10,13-14,18H2,2H3,(H,29,31,33). The minimum absolute atomic E-state index is 0.0697. The fourth-order valence-electron chi connectivity index (χ4n) is 4.63. The van der Waals surface area contributed by atoms with Gasteiger partial charge in [-0.25, -0.2) is 4.79 Å². The van der Waals surface area contributed by atoms with Gasteiger partial charge < -0.3 is 9.47 Å². The zero-order chi connectivity index (χ0) is 24.8. The maximum absolute atomic E-state index is 13.2. The van der Waals surface area contributed by atoms with Crippen LogP contribution in [0.2, 0.25) is 0 Å². The molecule has 0 aromatic heterocycles. The van der Waals surface area contributed by atoms with E-state index in [0.29, 0.717) is 30.1 Å². The maximum Gasteiger partial charge on any atom is 0.331 e. The summed E-state index contributed by atoms with van der Waals surface area (Å²) < 4.78 is 11.7. The van der Waals surface area contributed by atoms with Gasteiger partial charge in [-0.3, -0.25) is 19.8 Å². The number of benzene rings is 2. The van der Waals surface area contributed by atoms with Crippen molar-refractivity contribution >= 4 is 23.9 Å². The summed E-state index contributed by atoms with van der Waals surface area (Å²) in [4.78, 5) is 39.6. The number of nitrogens with zero attached hydrogens (tertiary/aromatic N) is 1. The average Bonchev–Trinajstić information content (AvgIpc) is 2.87. The SMILES string of the molecule is C=CCc1cc(C=C2C(=O)NC(=O)N(C3CCCCC3)C2=O)cc(OC)c1OCc1ccccc1. The Balaban J connectivity index is 1.66. The number of carbonyl (C=O) groups excluding carboxylic acids is 3. The fourth-order valence-corrected chi connectivity index (χ4v) is 4.63. The van der Waals surface area contributed by atoms with Gasteiger partial charge in [0.25, 0.3) is 11.8 Å². The molecule has 1 saturated carbocycles. The molecule has 4 rings (SSSR count). The molecule has 0 atom stereocenters. The molecule has 1 saturated heterocycles. The molecule has 4 amide bonds. The van der Waals surface area contributed by atoms with Crippen LogP contribution in [0.4, 0.5) is 4.79 Å². The Morgan fingerprint density at radius 1 is 1.09 bits per heavy atom. The zero-order valence-electron chi connectivity index (χ0n) is 19.9. The van der Waals surface area contributed by atoms with Crippen LogP contribution in [0.15, 0.2) is 60.7 Å². The van der Waals surface area contributed by atoms with Crippen molar-refractivity contribution in [2.24, 2.45) is 0 Å². The van der Waals surface area contributed by atoms with Crippen molar-refractivity contribution in [1.29, 1.82) is 0 Å². The molecule has 1 aliphatic carbocycles. The van der Waals surface area contributed by atoms with Crippen molar-refractivity contribution in [2.45, 2.75) is 51.2 Å². The molecule has 2 aromatic carbocycles. The lowest BCUT2D eigenvalue weighted by molar-refractivity contribution is -0.132. The largest absolute Gasteiger partial charge is 0.493 e. The number of urea groups is 1. The summed E-state index contributed by atoms with van der Waals surface area (Å²) in [6.45, 7) is 4.20. The van der Waals surface area contributed by atoms with Crippen molar-refractivity contribution < 1.29 is 23.9 Å². The lowest BCUT2D eigenvalue weighted by Gasteiger charge is -2.35. The molecule has 0 spiro atoms. The van der Waals surface area contributed by atoms with Gasteiger partial charge in [-0.2, -0.15) is 0 Å². The Morgan fingerprint density at radius 2 is 1.83 bits per heavy atom. The Bertz CT molecular complexity index is 1150. The molecule has 2 fully saturated rings. The number of barbiturate groups is 1. The summed E-state index contributed by atoms with van der Waals surface area (Å²) in [5.74, 6) is -0.187. The van der Waals surface area contributed by atoms with Crippen molar-refractivity contribution in [2.75, 3.05) is 7.11 Å². The monoisotopic (exact) mass is 474 g/mol. The third kappa shape index (κ3) is 5.45. The summed E-state index contributed by atoms with van der Waals surface area (Å²) in [5.41, 5.74) is 2.36. The Morgan fingerprint density at radius 3 is 2.51 bits per heavy atom. The summed E-state index contributed by atoms with van der Waals surface area (Å²) in [5, 5.41) is 2.33. The smallest absolute Gasteiger partial charge is 0.331 e. The number of methoxy groups -OCH3 is 1. The van der Waals surface area contributed by atoms with E-state index in [-0.39, 0.29) is 11.6 Å². The van der Waals surface area contributed by atoms with Crippen LogP contribution in [0.3, 0.4) is 0 Å². The number of hydrogen-bond acceptors (Lipinski definition) is 5. The molecule has 0 bridgehead atoms. The lowest BCUT2D eigenvalue weighted by atomic mass is 9.93. The number of allylic oxidation sites excluding steroid dienone is 1. The lowest BCUT2D eigenvalue weighted by Crippen LogP contribution is -2.58. The minimum atomic E-state index is -0.694. The van der Waals surface area contributed by atoms with Crippen LogP contribution in [0.5, 0.6) is 11.5 Å². The highest BCUT2D eigenvalue weighted by Gasteiger charge is 2.40. The molecule has 7 nitrogen and oxygen atoms in total. The van der Waals surface area contributed by atoms with Gasteiger partial charge in [0.2, 0.25) is 0 Å². The molecule has 2 aliphatic rings. The number of imide groups is 2. The molecule has 1 aliphatic heterocycles. The number of nitrogens with one attached hydrogen (secondary N) is 1. The number of amides is 4. The maximum atomic E-state index is 13.2. The molecule has 2 aromatic rings. The second kappa shape index (κ2) is 11.0. The number of carbonyl (C=O) groups is 3. The number of hydrogen-bond donors (Lipinski definition) is 1. The zero-order valence-corrected chi connectivity index (χ0v) is 19.9. The predicted octanol–water partition coefficient (Wildman–Crippen LogP) is 4.80. The quantitative estimate of drug-likeness (QED) is 0.338. The highest BCUT2D eigenvalue weighted by Crippen LogP contribution is 2.35. The van der Waals surface area contributed by atoms with Crippen LogP contribution in [0.1, 0.15) is 48.8 Å². The highest BCUT2D eigenvalue weighted by molar-refractivity contribution is 6.31. The first-order valence-electron chi connectivity index (χ1n) is 11.9. The molecule has 182 valence electrons. The molecule has 0 radical (unpaired) electrons. The topological polar surface area (TPSA) is 84.9 Å². The van der Waals surface area contributed by atoms with Crippen molar-refractivity contribution in [1.82, 2.24) is 10.2 Å². The molecule has 35 heavy (non-hydrogen) atoms. The fraction of sp³-hybridized carbons (Fsp3) is 0.321. The van der Waals surface area contributed by atoms with Crippen LogP contribution in [0, 0.1) is 0 Å². The van der Waals surface area contributed by atoms with E-state index in [9.17, 15) is 14.4 Å². The van der Waals surface area contributed by atoms with E-state index in [1.54, 1.807) is 19.3 Å². The highest BCUT2D eigenvalue weighted by atomic mass is 16.5. The van der Waals surface area contributed by atoms with Gasteiger partial charge in [-0.15, -0.1) is 6.58 Å². The summed E-state index contributed by atoms with van der Waals surface area (Å²) in [6, 6.07) is 12.5. The normalized spacial score (nSPS) is 17.9. The van der Waals surface area contributed by atoms with Gasteiger partial charge in [0.15, 0.2) is 11.5 Å². The Labute approximate surface area is 205 Å². The number of ether oxygens (including phenoxy) is 2. The van der Waals surface area contributed by atoms with Crippen LogP contribution in [0.25, 0.3) is 6.08 Å². The third-order valence-corrected chi connectivity index (χ3v) is 6.35.